The summed E-state index contributed by atoms with van der Waals surface area (Å²) in [5.74, 6) is 0. The highest BCUT2D eigenvalue weighted by molar-refractivity contribution is 9.11. The second-order valence-electron chi connectivity index (χ2n) is 3.15. The van der Waals surface area contributed by atoms with E-state index in [1.807, 2.05) is 19.1 Å². The first kappa shape index (κ1) is 11.0. The number of aliphatic hydroxyl groups is 1. The Morgan fingerprint density at radius 1 is 1.69 bits per heavy atom. The molecule has 0 aliphatic heterocycles. The zero-order valence-electron chi connectivity index (χ0n) is 7.59. The topological polar surface area (TPSA) is 20.2 Å². The molecule has 0 radical (unpaired) electrons. The van der Waals surface area contributed by atoms with Gasteiger partial charge in [-0.2, -0.15) is 0 Å². The molecular formula is C10H13BrOS. The van der Waals surface area contributed by atoms with Crippen molar-refractivity contribution in [2.24, 2.45) is 0 Å². The summed E-state index contributed by atoms with van der Waals surface area (Å²) in [5, 5.41) is 9.73. The van der Waals surface area contributed by atoms with Crippen LogP contribution in [0, 0.1) is 0 Å². The maximum absolute atomic E-state index is 9.73. The largest absolute Gasteiger partial charge is 0.388 e. The third kappa shape index (κ3) is 3.63. The van der Waals surface area contributed by atoms with E-state index in [-0.39, 0.29) is 6.10 Å². The van der Waals surface area contributed by atoms with Gasteiger partial charge in [0.15, 0.2) is 0 Å². The van der Waals surface area contributed by atoms with Crippen LogP contribution < -0.4 is 0 Å². The molecule has 1 atom stereocenters. The summed E-state index contributed by atoms with van der Waals surface area (Å²) < 4.78 is 1.07. The van der Waals surface area contributed by atoms with E-state index in [0.29, 0.717) is 0 Å². The number of rotatable bonds is 4. The van der Waals surface area contributed by atoms with Crippen LogP contribution in [-0.4, -0.2) is 5.11 Å². The number of hydrogen-bond donors (Lipinski definition) is 1. The standard InChI is InChI=1S/C10H13BrOS/c1-7(2)3-4-8(12)9-5-6-10(11)13-9/h5-6,8,12H,1,3-4H2,2H3. The zero-order valence-corrected chi connectivity index (χ0v) is 9.99. The summed E-state index contributed by atoms with van der Waals surface area (Å²) in [4.78, 5) is 1.02. The highest BCUT2D eigenvalue weighted by atomic mass is 79.9. The van der Waals surface area contributed by atoms with E-state index in [2.05, 4.69) is 22.5 Å². The zero-order chi connectivity index (χ0) is 9.84. The molecule has 0 aromatic carbocycles. The summed E-state index contributed by atoms with van der Waals surface area (Å²) in [6, 6.07) is 3.92. The van der Waals surface area contributed by atoms with Crippen molar-refractivity contribution >= 4 is 27.3 Å². The molecule has 13 heavy (non-hydrogen) atoms. The minimum absolute atomic E-state index is 0.340. The first-order valence-corrected chi connectivity index (χ1v) is 5.78. The molecule has 1 aromatic rings. The lowest BCUT2D eigenvalue weighted by molar-refractivity contribution is 0.171. The molecular weight excluding hydrogens is 248 g/mol. The predicted molar refractivity (Wildman–Crippen MR) is 61.0 cm³/mol. The van der Waals surface area contributed by atoms with Crippen LogP contribution >= 0.6 is 27.3 Å². The normalized spacial score (nSPS) is 12.8. The Kier molecular flexibility index (Phi) is 4.16. The summed E-state index contributed by atoms with van der Waals surface area (Å²) in [7, 11) is 0. The maximum Gasteiger partial charge on any atom is 0.0885 e. The number of allylic oxidation sites excluding steroid dienone is 1. The lowest BCUT2D eigenvalue weighted by Crippen LogP contribution is -1.93. The molecule has 0 aliphatic carbocycles. The van der Waals surface area contributed by atoms with Crippen LogP contribution in [0.4, 0.5) is 0 Å². The Morgan fingerprint density at radius 3 is 2.85 bits per heavy atom. The Labute approximate surface area is 91.2 Å². The fourth-order valence-corrected chi connectivity index (χ4v) is 2.48. The molecule has 1 heterocycles. The monoisotopic (exact) mass is 260 g/mol. The minimum atomic E-state index is -0.340. The van der Waals surface area contributed by atoms with Gasteiger partial charge in [0.1, 0.15) is 0 Å². The SMILES string of the molecule is C=C(C)CCC(O)c1ccc(Br)s1. The minimum Gasteiger partial charge on any atom is -0.388 e. The molecule has 0 bridgehead atoms. The van der Waals surface area contributed by atoms with E-state index < -0.39 is 0 Å². The number of thiophene rings is 1. The molecule has 0 spiro atoms. The molecule has 0 saturated carbocycles. The maximum atomic E-state index is 9.73. The molecule has 1 aromatic heterocycles. The van der Waals surface area contributed by atoms with Gasteiger partial charge in [-0.15, -0.1) is 17.9 Å². The summed E-state index contributed by atoms with van der Waals surface area (Å²) in [6.45, 7) is 5.79. The molecule has 0 amide bonds. The van der Waals surface area contributed by atoms with Crippen molar-refractivity contribution in [1.82, 2.24) is 0 Å². The van der Waals surface area contributed by atoms with Crippen molar-refractivity contribution < 1.29 is 5.11 Å². The highest BCUT2D eigenvalue weighted by Gasteiger charge is 2.09. The van der Waals surface area contributed by atoms with Gasteiger partial charge in [-0.1, -0.05) is 5.57 Å². The van der Waals surface area contributed by atoms with E-state index >= 15 is 0 Å². The molecule has 1 unspecified atom stereocenters. The van der Waals surface area contributed by atoms with Gasteiger partial charge in [0.25, 0.3) is 0 Å². The van der Waals surface area contributed by atoms with E-state index in [1.165, 1.54) is 0 Å². The van der Waals surface area contributed by atoms with Crippen molar-refractivity contribution in [2.75, 3.05) is 0 Å². The fourth-order valence-electron chi connectivity index (χ4n) is 1.03. The van der Waals surface area contributed by atoms with Gasteiger partial charge in [-0.3, -0.25) is 0 Å². The Bertz CT molecular complexity index is 293. The lowest BCUT2D eigenvalue weighted by Gasteiger charge is -2.07. The summed E-state index contributed by atoms with van der Waals surface area (Å²) in [5.41, 5.74) is 1.12. The van der Waals surface area contributed by atoms with Crippen LogP contribution in [0.3, 0.4) is 0 Å². The van der Waals surface area contributed by atoms with Gasteiger partial charge in [-0.25, -0.2) is 0 Å². The van der Waals surface area contributed by atoms with Gasteiger partial charge >= 0.3 is 0 Å². The van der Waals surface area contributed by atoms with Crippen LogP contribution in [0.25, 0.3) is 0 Å². The van der Waals surface area contributed by atoms with Gasteiger partial charge in [-0.05, 0) is 47.8 Å². The first-order chi connectivity index (χ1) is 6.09. The van der Waals surface area contributed by atoms with E-state index in [1.54, 1.807) is 11.3 Å². The molecule has 0 saturated heterocycles. The van der Waals surface area contributed by atoms with E-state index in [0.717, 1.165) is 27.1 Å². The molecule has 0 aliphatic rings. The number of hydrogen-bond acceptors (Lipinski definition) is 2. The van der Waals surface area contributed by atoms with Crippen LogP contribution in [0.5, 0.6) is 0 Å². The van der Waals surface area contributed by atoms with Gasteiger partial charge < -0.3 is 5.11 Å². The first-order valence-electron chi connectivity index (χ1n) is 4.17. The van der Waals surface area contributed by atoms with Gasteiger partial charge in [0.2, 0.25) is 0 Å². The van der Waals surface area contributed by atoms with Crippen molar-refractivity contribution in [3.63, 3.8) is 0 Å². The van der Waals surface area contributed by atoms with Crippen LogP contribution in [0.1, 0.15) is 30.7 Å². The molecule has 1 rings (SSSR count). The van der Waals surface area contributed by atoms with Gasteiger partial charge in [0, 0.05) is 4.88 Å². The molecule has 1 N–H and O–H groups in total. The fraction of sp³-hybridized carbons (Fsp3) is 0.400. The molecule has 0 fully saturated rings. The smallest absolute Gasteiger partial charge is 0.0885 e. The summed E-state index contributed by atoms with van der Waals surface area (Å²) >= 11 is 4.95. The number of aliphatic hydroxyl groups excluding tert-OH is 1. The third-order valence-electron chi connectivity index (χ3n) is 1.77. The van der Waals surface area contributed by atoms with Crippen molar-refractivity contribution in [1.29, 1.82) is 0 Å². The molecule has 72 valence electrons. The van der Waals surface area contributed by atoms with Crippen LogP contribution in [-0.2, 0) is 0 Å². The quantitative estimate of drug-likeness (QED) is 0.815. The van der Waals surface area contributed by atoms with E-state index in [9.17, 15) is 5.11 Å². The second kappa shape index (κ2) is 4.94. The molecule has 3 heteroatoms. The third-order valence-corrected chi connectivity index (χ3v) is 3.49. The van der Waals surface area contributed by atoms with Crippen LogP contribution in [0.2, 0.25) is 0 Å². The summed E-state index contributed by atoms with van der Waals surface area (Å²) in [6.07, 6.45) is 1.31. The van der Waals surface area contributed by atoms with Crippen LogP contribution in [0.15, 0.2) is 28.1 Å². The number of halogens is 1. The average molecular weight is 261 g/mol. The predicted octanol–water partition coefficient (Wildman–Crippen LogP) is 3.90. The van der Waals surface area contributed by atoms with Gasteiger partial charge in [0.05, 0.1) is 9.89 Å². The van der Waals surface area contributed by atoms with Crippen molar-refractivity contribution in [3.8, 4) is 0 Å². The van der Waals surface area contributed by atoms with E-state index in [4.69, 9.17) is 0 Å². The van der Waals surface area contributed by atoms with Crippen molar-refractivity contribution in [3.05, 3.63) is 32.9 Å². The Balaban J connectivity index is 2.48. The average Bonchev–Trinajstić information content (AvgIpc) is 2.47. The lowest BCUT2D eigenvalue weighted by atomic mass is 10.1. The van der Waals surface area contributed by atoms with Crippen molar-refractivity contribution in [2.45, 2.75) is 25.9 Å². The highest BCUT2D eigenvalue weighted by Crippen LogP contribution is 2.29. The second-order valence-corrected chi connectivity index (χ2v) is 5.65. The Morgan fingerprint density at radius 2 is 2.38 bits per heavy atom. The molecule has 1 nitrogen and oxygen atoms in total. The Hall–Kier alpha value is -0.120.